The number of hydrogen-bond acceptors (Lipinski definition) is 7. The zero-order valence-corrected chi connectivity index (χ0v) is 13.7. The smallest absolute Gasteiger partial charge is 0.350 e. The number of aromatic nitrogens is 1. The number of rotatable bonds is 8. The minimum absolute atomic E-state index is 0.243. The highest BCUT2D eigenvalue weighted by atomic mass is 32.1. The van der Waals surface area contributed by atoms with Crippen LogP contribution in [-0.2, 0) is 19.1 Å². The van der Waals surface area contributed by atoms with E-state index in [1.807, 2.05) is 0 Å². The summed E-state index contributed by atoms with van der Waals surface area (Å²) in [5.74, 6) is -1.25. The second-order valence-corrected chi connectivity index (χ2v) is 5.69. The van der Waals surface area contributed by atoms with Crippen LogP contribution in [0.5, 0.6) is 0 Å². The van der Waals surface area contributed by atoms with Crippen molar-refractivity contribution < 1.29 is 23.9 Å². The molecule has 0 saturated carbocycles. The third-order valence-electron chi connectivity index (χ3n) is 2.61. The van der Waals surface area contributed by atoms with E-state index >= 15 is 0 Å². The van der Waals surface area contributed by atoms with Gasteiger partial charge in [0, 0.05) is 13.0 Å². The molecule has 0 saturated heterocycles. The molecular formula is C14H20N2O5S. The van der Waals surface area contributed by atoms with Crippen molar-refractivity contribution in [3.8, 4) is 0 Å². The Morgan fingerprint density at radius 1 is 1.23 bits per heavy atom. The summed E-state index contributed by atoms with van der Waals surface area (Å²) in [6, 6.07) is 0. The maximum atomic E-state index is 11.8. The number of ether oxygens (including phenoxy) is 2. The Balaban J connectivity index is 2.22. The first-order chi connectivity index (χ1) is 10.4. The Labute approximate surface area is 133 Å². The second-order valence-electron chi connectivity index (χ2n) is 4.48. The molecule has 8 heteroatoms. The molecule has 1 aromatic rings. The number of esters is 2. The molecule has 1 heterocycles. The third-order valence-corrected chi connectivity index (χ3v) is 3.66. The van der Waals surface area contributed by atoms with Crippen LogP contribution in [-0.4, -0.2) is 42.6 Å². The number of nitrogens with one attached hydrogen (secondary N) is 1. The van der Waals surface area contributed by atoms with E-state index in [1.165, 1.54) is 11.3 Å². The minimum atomic E-state index is -0.551. The first-order valence-corrected chi connectivity index (χ1v) is 7.79. The molecule has 0 aliphatic carbocycles. The lowest BCUT2D eigenvalue weighted by atomic mass is 10.3. The molecule has 22 heavy (non-hydrogen) atoms. The van der Waals surface area contributed by atoms with Crippen molar-refractivity contribution in [1.29, 1.82) is 0 Å². The highest BCUT2D eigenvalue weighted by molar-refractivity contribution is 7.13. The molecule has 0 spiro atoms. The van der Waals surface area contributed by atoms with Crippen molar-refractivity contribution in [2.75, 3.05) is 19.8 Å². The average Bonchev–Trinajstić information content (AvgIpc) is 2.80. The van der Waals surface area contributed by atoms with Gasteiger partial charge in [-0.2, -0.15) is 0 Å². The van der Waals surface area contributed by atoms with Gasteiger partial charge >= 0.3 is 11.9 Å². The summed E-state index contributed by atoms with van der Waals surface area (Å²) < 4.78 is 9.69. The van der Waals surface area contributed by atoms with Crippen molar-refractivity contribution in [2.45, 2.75) is 33.6 Å². The normalized spacial score (nSPS) is 10.1. The fourth-order valence-corrected chi connectivity index (χ4v) is 2.48. The lowest BCUT2D eigenvalue weighted by Crippen LogP contribution is -2.30. The Morgan fingerprint density at radius 2 is 1.95 bits per heavy atom. The maximum absolute atomic E-state index is 11.8. The van der Waals surface area contributed by atoms with Crippen LogP contribution in [0, 0.1) is 13.8 Å². The summed E-state index contributed by atoms with van der Waals surface area (Å²) in [4.78, 5) is 38.9. The van der Waals surface area contributed by atoms with Gasteiger partial charge in [0.05, 0.1) is 17.3 Å². The van der Waals surface area contributed by atoms with E-state index in [1.54, 1.807) is 20.8 Å². The largest absolute Gasteiger partial charge is 0.466 e. The van der Waals surface area contributed by atoms with Crippen LogP contribution in [0.25, 0.3) is 0 Å². The molecule has 1 aromatic heterocycles. The van der Waals surface area contributed by atoms with Crippen molar-refractivity contribution in [1.82, 2.24) is 10.3 Å². The van der Waals surface area contributed by atoms with Crippen molar-refractivity contribution in [2.24, 2.45) is 0 Å². The van der Waals surface area contributed by atoms with Gasteiger partial charge in [-0.15, -0.1) is 11.3 Å². The van der Waals surface area contributed by atoms with Crippen LogP contribution >= 0.6 is 11.3 Å². The number of nitrogens with zero attached hydrogens (tertiary/aromatic N) is 1. The standard InChI is InChI=1S/C14H20N2O5S/c1-4-20-12(18)6-5-7-15-11(17)8-21-14(19)13-9(2)16-10(3)22-13/h4-8H2,1-3H3,(H,15,17). The molecule has 0 atom stereocenters. The number of hydrogen-bond donors (Lipinski definition) is 1. The molecule has 1 amide bonds. The molecule has 0 aliphatic heterocycles. The van der Waals surface area contributed by atoms with E-state index in [4.69, 9.17) is 9.47 Å². The van der Waals surface area contributed by atoms with Gasteiger partial charge in [0.25, 0.3) is 5.91 Å². The van der Waals surface area contributed by atoms with Gasteiger partial charge in [0.2, 0.25) is 0 Å². The minimum Gasteiger partial charge on any atom is -0.466 e. The van der Waals surface area contributed by atoms with Gasteiger partial charge in [-0.1, -0.05) is 0 Å². The molecule has 0 radical (unpaired) electrons. The van der Waals surface area contributed by atoms with Crippen LogP contribution in [0.15, 0.2) is 0 Å². The fourth-order valence-electron chi connectivity index (χ4n) is 1.66. The van der Waals surface area contributed by atoms with E-state index in [9.17, 15) is 14.4 Å². The van der Waals surface area contributed by atoms with Crippen LogP contribution in [0.4, 0.5) is 0 Å². The quantitative estimate of drug-likeness (QED) is 0.572. The summed E-state index contributed by atoms with van der Waals surface area (Å²) >= 11 is 1.23. The molecule has 0 aliphatic rings. The number of carbonyl (C=O) groups is 3. The lowest BCUT2D eigenvalue weighted by molar-refractivity contribution is -0.143. The summed E-state index contributed by atoms with van der Waals surface area (Å²) in [5.41, 5.74) is 0.599. The Bertz CT molecular complexity index is 541. The maximum Gasteiger partial charge on any atom is 0.350 e. The average molecular weight is 328 g/mol. The SMILES string of the molecule is CCOC(=O)CCCNC(=O)COC(=O)c1sc(C)nc1C. The molecule has 0 bridgehead atoms. The monoisotopic (exact) mass is 328 g/mol. The van der Waals surface area contributed by atoms with Gasteiger partial charge in [-0.3, -0.25) is 9.59 Å². The third kappa shape index (κ3) is 6.21. The predicted octanol–water partition coefficient (Wildman–Crippen LogP) is 1.38. The van der Waals surface area contributed by atoms with Gasteiger partial charge in [0.1, 0.15) is 4.88 Å². The number of thiazole rings is 1. The van der Waals surface area contributed by atoms with Crippen molar-refractivity contribution >= 4 is 29.2 Å². The molecule has 1 rings (SSSR count). The van der Waals surface area contributed by atoms with E-state index in [-0.39, 0.29) is 19.0 Å². The zero-order chi connectivity index (χ0) is 16.5. The number of carbonyl (C=O) groups excluding carboxylic acids is 3. The topological polar surface area (TPSA) is 94.6 Å². The molecule has 0 fully saturated rings. The lowest BCUT2D eigenvalue weighted by Gasteiger charge is -2.06. The first kappa shape index (κ1) is 18.1. The number of amides is 1. The molecule has 0 aromatic carbocycles. The van der Waals surface area contributed by atoms with E-state index in [2.05, 4.69) is 10.3 Å². The highest BCUT2D eigenvalue weighted by Crippen LogP contribution is 2.17. The molecule has 0 unspecified atom stereocenters. The fraction of sp³-hybridized carbons (Fsp3) is 0.571. The predicted molar refractivity (Wildman–Crippen MR) is 80.7 cm³/mol. The zero-order valence-electron chi connectivity index (χ0n) is 12.9. The Kier molecular flexibility index (Phi) is 7.51. The van der Waals surface area contributed by atoms with Gasteiger partial charge in [-0.05, 0) is 27.2 Å². The molecule has 1 N–H and O–H groups in total. The van der Waals surface area contributed by atoms with Gasteiger partial charge in [0.15, 0.2) is 6.61 Å². The van der Waals surface area contributed by atoms with Crippen LogP contribution in [0.1, 0.15) is 40.1 Å². The highest BCUT2D eigenvalue weighted by Gasteiger charge is 2.16. The van der Waals surface area contributed by atoms with Crippen molar-refractivity contribution in [3.05, 3.63) is 15.6 Å². The Morgan fingerprint density at radius 3 is 2.55 bits per heavy atom. The Hall–Kier alpha value is -1.96. The molecular weight excluding hydrogens is 308 g/mol. The summed E-state index contributed by atoms with van der Waals surface area (Å²) in [6.07, 6.45) is 0.721. The summed E-state index contributed by atoms with van der Waals surface area (Å²) in [5, 5.41) is 3.34. The van der Waals surface area contributed by atoms with Crippen LogP contribution in [0.2, 0.25) is 0 Å². The first-order valence-electron chi connectivity index (χ1n) is 6.97. The summed E-state index contributed by atoms with van der Waals surface area (Å²) in [6.45, 7) is 5.57. The number of aryl methyl sites for hydroxylation is 2. The van der Waals surface area contributed by atoms with Crippen LogP contribution < -0.4 is 5.32 Å². The van der Waals surface area contributed by atoms with Crippen molar-refractivity contribution in [3.63, 3.8) is 0 Å². The molecule has 7 nitrogen and oxygen atoms in total. The second kappa shape index (κ2) is 9.14. The van der Waals surface area contributed by atoms with E-state index < -0.39 is 11.9 Å². The van der Waals surface area contributed by atoms with Gasteiger partial charge in [-0.25, -0.2) is 9.78 Å². The molecule has 122 valence electrons. The summed E-state index contributed by atoms with van der Waals surface area (Å²) in [7, 11) is 0. The van der Waals surface area contributed by atoms with Gasteiger partial charge < -0.3 is 14.8 Å². The van der Waals surface area contributed by atoms with E-state index in [0.29, 0.717) is 30.1 Å². The van der Waals surface area contributed by atoms with Crippen LogP contribution in [0.3, 0.4) is 0 Å². The van der Waals surface area contributed by atoms with E-state index in [0.717, 1.165) is 5.01 Å².